The molecule has 0 unspecified atom stereocenters. The summed E-state index contributed by atoms with van der Waals surface area (Å²) in [5.41, 5.74) is 0. The number of hydrogen-bond donors (Lipinski definition) is 0. The lowest BCUT2D eigenvalue weighted by Gasteiger charge is -2.10. The number of rotatable bonds is 0. The summed E-state index contributed by atoms with van der Waals surface area (Å²) in [7, 11) is 0. The first-order valence-electron chi connectivity index (χ1n) is 4.60. The van der Waals surface area contributed by atoms with Gasteiger partial charge >= 0.3 is 5.97 Å². The molecule has 1 saturated heterocycles. The molecule has 3 aliphatic rings. The zero-order chi connectivity index (χ0) is 8.84. The van der Waals surface area contributed by atoms with E-state index in [0.717, 1.165) is 0 Å². The molecule has 66 valence electrons. The van der Waals surface area contributed by atoms with Gasteiger partial charge in [-0.25, -0.2) is 0 Å². The highest BCUT2D eigenvalue weighted by Crippen LogP contribution is 2.36. The number of carbonyl (C=O) groups is 1. The molecule has 0 aromatic carbocycles. The molecule has 1 heterocycles. The van der Waals surface area contributed by atoms with Gasteiger partial charge in [0.1, 0.15) is 6.10 Å². The van der Waals surface area contributed by atoms with Gasteiger partial charge in [0.25, 0.3) is 0 Å². The average Bonchev–Trinajstić information content (AvgIpc) is 2.29. The van der Waals surface area contributed by atoms with Crippen LogP contribution in [0, 0.1) is 17.8 Å². The molecule has 13 heavy (non-hydrogen) atoms. The maximum atomic E-state index is 11.4. The van der Waals surface area contributed by atoms with Gasteiger partial charge in [0, 0.05) is 11.8 Å². The first kappa shape index (κ1) is 7.13. The van der Waals surface area contributed by atoms with E-state index in [9.17, 15) is 4.79 Å². The van der Waals surface area contributed by atoms with E-state index in [-0.39, 0.29) is 23.9 Å². The van der Waals surface area contributed by atoms with Crippen LogP contribution in [0.15, 0.2) is 36.5 Å². The summed E-state index contributed by atoms with van der Waals surface area (Å²) in [6, 6.07) is 0. The third-order valence-electron chi connectivity index (χ3n) is 2.94. The zero-order valence-electron chi connectivity index (χ0n) is 7.09. The molecule has 0 aromatic heterocycles. The second-order valence-electron chi connectivity index (χ2n) is 3.74. The van der Waals surface area contributed by atoms with Crippen molar-refractivity contribution in [2.45, 2.75) is 6.10 Å². The molecule has 1 fully saturated rings. The molecule has 2 heteroatoms. The van der Waals surface area contributed by atoms with E-state index in [1.54, 1.807) is 0 Å². The average molecular weight is 174 g/mol. The van der Waals surface area contributed by atoms with Crippen LogP contribution < -0.4 is 0 Å². The Morgan fingerprint density at radius 3 is 2.69 bits per heavy atom. The van der Waals surface area contributed by atoms with Crippen molar-refractivity contribution in [1.82, 2.24) is 0 Å². The fraction of sp³-hybridized carbons (Fsp3) is 0.364. The van der Waals surface area contributed by atoms with E-state index in [1.165, 1.54) is 0 Å². The molecule has 0 amide bonds. The van der Waals surface area contributed by atoms with Crippen molar-refractivity contribution in [2.24, 2.45) is 17.8 Å². The third kappa shape index (κ3) is 0.916. The van der Waals surface area contributed by atoms with E-state index in [2.05, 4.69) is 24.3 Å². The van der Waals surface area contributed by atoms with Crippen molar-refractivity contribution in [3.05, 3.63) is 36.5 Å². The normalized spacial score (nSPS) is 44.8. The molecule has 2 bridgehead atoms. The molecule has 0 N–H and O–H groups in total. The SMILES string of the molecule is O=C1O[C@@H]2C=C[C@@H]3C=C[C@@H]2[C@H]1C=C3. The van der Waals surface area contributed by atoms with Gasteiger partial charge in [-0.1, -0.05) is 30.4 Å². The van der Waals surface area contributed by atoms with Gasteiger partial charge < -0.3 is 4.74 Å². The fourth-order valence-electron chi connectivity index (χ4n) is 2.19. The van der Waals surface area contributed by atoms with Gasteiger partial charge in [0.2, 0.25) is 0 Å². The highest BCUT2D eigenvalue weighted by atomic mass is 16.6. The van der Waals surface area contributed by atoms with Gasteiger partial charge in [-0.15, -0.1) is 0 Å². The van der Waals surface area contributed by atoms with Crippen LogP contribution in [0.4, 0.5) is 0 Å². The van der Waals surface area contributed by atoms with Crippen LogP contribution >= 0.6 is 0 Å². The molecule has 2 aliphatic carbocycles. The predicted molar refractivity (Wildman–Crippen MR) is 47.8 cm³/mol. The fourth-order valence-corrected chi connectivity index (χ4v) is 2.19. The number of allylic oxidation sites excluding steroid dienone is 3. The Morgan fingerprint density at radius 2 is 1.77 bits per heavy atom. The second-order valence-corrected chi connectivity index (χ2v) is 3.74. The van der Waals surface area contributed by atoms with Gasteiger partial charge in [0.05, 0.1) is 5.92 Å². The number of esters is 1. The molecule has 3 rings (SSSR count). The standard InChI is InChI=1S/C11H10O2/c12-11-9-5-2-7-1-4-8(9)10(13-11)6-3-7/h1-10H/t7-,8-,9-,10-/m1/s1. The van der Waals surface area contributed by atoms with Crippen LogP contribution in [0.3, 0.4) is 0 Å². The van der Waals surface area contributed by atoms with Crippen LogP contribution in [0.25, 0.3) is 0 Å². The molecule has 1 aliphatic heterocycles. The van der Waals surface area contributed by atoms with Crippen molar-refractivity contribution in [1.29, 1.82) is 0 Å². The molecule has 0 aromatic rings. The van der Waals surface area contributed by atoms with Crippen LogP contribution in [0.5, 0.6) is 0 Å². The highest BCUT2D eigenvalue weighted by Gasteiger charge is 2.42. The van der Waals surface area contributed by atoms with E-state index in [0.29, 0.717) is 5.92 Å². The van der Waals surface area contributed by atoms with Gasteiger partial charge in [0.15, 0.2) is 0 Å². The Kier molecular flexibility index (Phi) is 1.29. The van der Waals surface area contributed by atoms with Crippen LogP contribution in [0.2, 0.25) is 0 Å². The molecular weight excluding hydrogens is 164 g/mol. The number of ether oxygens (including phenoxy) is 1. The zero-order valence-corrected chi connectivity index (χ0v) is 7.09. The minimum Gasteiger partial charge on any atom is -0.457 e. The summed E-state index contributed by atoms with van der Waals surface area (Å²) in [6.07, 6.45) is 12.4. The highest BCUT2D eigenvalue weighted by molar-refractivity contribution is 5.78. The minimum atomic E-state index is -0.0805. The Labute approximate surface area is 76.6 Å². The van der Waals surface area contributed by atoms with Crippen LogP contribution in [-0.2, 0) is 9.53 Å². The summed E-state index contributed by atoms with van der Waals surface area (Å²) in [5.74, 6) is 0.457. The van der Waals surface area contributed by atoms with E-state index in [4.69, 9.17) is 4.74 Å². The lowest BCUT2D eigenvalue weighted by molar-refractivity contribution is -0.141. The Balaban J connectivity index is 2.15. The predicted octanol–water partition coefficient (Wildman–Crippen LogP) is 1.46. The molecule has 2 nitrogen and oxygen atoms in total. The smallest absolute Gasteiger partial charge is 0.314 e. The third-order valence-corrected chi connectivity index (χ3v) is 2.94. The second kappa shape index (κ2) is 2.34. The first-order valence-corrected chi connectivity index (χ1v) is 4.60. The number of hydrogen-bond acceptors (Lipinski definition) is 2. The first-order chi connectivity index (χ1) is 6.34. The molecule has 4 atom stereocenters. The van der Waals surface area contributed by atoms with Gasteiger partial charge in [-0.2, -0.15) is 0 Å². The van der Waals surface area contributed by atoms with Crippen molar-refractivity contribution in [2.75, 3.05) is 0 Å². The molecule has 0 saturated carbocycles. The lowest BCUT2D eigenvalue weighted by atomic mass is 9.90. The van der Waals surface area contributed by atoms with Crippen molar-refractivity contribution in [3.63, 3.8) is 0 Å². The summed E-state index contributed by atoms with van der Waals surface area (Å²) in [6.45, 7) is 0. The summed E-state index contributed by atoms with van der Waals surface area (Å²) < 4.78 is 5.25. The van der Waals surface area contributed by atoms with Crippen molar-refractivity contribution < 1.29 is 9.53 Å². The maximum Gasteiger partial charge on any atom is 0.314 e. The lowest BCUT2D eigenvalue weighted by Crippen LogP contribution is -2.15. The molecular formula is C11H10O2. The van der Waals surface area contributed by atoms with Gasteiger partial charge in [-0.05, 0) is 6.08 Å². The summed E-state index contributed by atoms with van der Waals surface area (Å²) >= 11 is 0. The Bertz CT molecular complexity index is 330. The largest absolute Gasteiger partial charge is 0.457 e. The van der Waals surface area contributed by atoms with Crippen LogP contribution in [0.1, 0.15) is 0 Å². The summed E-state index contributed by atoms with van der Waals surface area (Å²) in [4.78, 5) is 11.4. The van der Waals surface area contributed by atoms with Gasteiger partial charge in [-0.3, -0.25) is 4.79 Å². The van der Waals surface area contributed by atoms with Crippen molar-refractivity contribution in [3.8, 4) is 0 Å². The van der Waals surface area contributed by atoms with E-state index >= 15 is 0 Å². The van der Waals surface area contributed by atoms with Crippen LogP contribution in [-0.4, -0.2) is 12.1 Å². The molecule has 0 radical (unpaired) electrons. The molecule has 0 spiro atoms. The maximum absolute atomic E-state index is 11.4. The number of fused-ring (bicyclic) bond motifs is 1. The monoisotopic (exact) mass is 174 g/mol. The topological polar surface area (TPSA) is 26.3 Å². The van der Waals surface area contributed by atoms with E-state index in [1.807, 2.05) is 12.2 Å². The minimum absolute atomic E-state index is 0.0244. The van der Waals surface area contributed by atoms with Crippen molar-refractivity contribution >= 4 is 5.97 Å². The summed E-state index contributed by atoms with van der Waals surface area (Å²) in [5, 5.41) is 0. The Hall–Kier alpha value is -1.31. The van der Waals surface area contributed by atoms with E-state index < -0.39 is 0 Å². The quantitative estimate of drug-likeness (QED) is 0.410. The Morgan fingerprint density at radius 1 is 1.00 bits per heavy atom. The number of carbonyl (C=O) groups excluding carboxylic acids is 1.